The van der Waals surface area contributed by atoms with Crippen molar-refractivity contribution in [2.24, 2.45) is 21.7 Å². The molecular weight excluding hydrogens is 439 g/mol. The van der Waals surface area contributed by atoms with Gasteiger partial charge in [0.15, 0.2) is 0 Å². The third kappa shape index (κ3) is 5.64. The van der Waals surface area contributed by atoms with Crippen molar-refractivity contribution in [1.29, 1.82) is 0 Å². The van der Waals surface area contributed by atoms with E-state index in [1.54, 1.807) is 20.8 Å². The van der Waals surface area contributed by atoms with Crippen LogP contribution in [0.15, 0.2) is 11.2 Å². The molecule has 1 aliphatic rings. The van der Waals surface area contributed by atoms with Crippen molar-refractivity contribution >= 4 is 23.3 Å². The van der Waals surface area contributed by atoms with Gasteiger partial charge in [-0.15, -0.1) is 0 Å². The predicted octanol–water partition coefficient (Wildman–Crippen LogP) is 5.20. The molecule has 1 aromatic heterocycles. The van der Waals surface area contributed by atoms with Crippen molar-refractivity contribution in [2.45, 2.75) is 92.3 Å². The van der Waals surface area contributed by atoms with Crippen LogP contribution in [-0.4, -0.2) is 28.5 Å². The minimum absolute atomic E-state index is 0.138. The monoisotopic (exact) mass is 475 g/mol. The summed E-state index contributed by atoms with van der Waals surface area (Å²) in [4.78, 5) is 30.5. The standard InChI is InChI=1S/C23H36F3N3O2S/c1-8-9-10-15-13-29(20(2,3)4)32-18(15)28-19(31)22(7)12-11-16(21(22,5)6)17(30)27-14-23(24,25)26/h13,16H,8-12,14H2,1-7H3,(H,27,30)/b28-18-/t16-,22+/m0/s1. The highest BCUT2D eigenvalue weighted by Crippen LogP contribution is 2.56. The Hall–Kier alpha value is -1.64. The third-order valence-corrected chi connectivity index (χ3v) is 8.25. The number of alkyl halides is 3. The molecule has 1 fully saturated rings. The van der Waals surface area contributed by atoms with Crippen LogP contribution in [0.25, 0.3) is 0 Å². The summed E-state index contributed by atoms with van der Waals surface area (Å²) < 4.78 is 40.4. The number of hydrogen-bond acceptors (Lipinski definition) is 3. The van der Waals surface area contributed by atoms with E-state index in [2.05, 4.69) is 42.8 Å². The molecule has 2 atom stereocenters. The topological polar surface area (TPSA) is 63.5 Å². The highest BCUT2D eigenvalue weighted by atomic mass is 32.1. The number of aryl methyl sites for hydroxylation is 1. The number of carbonyl (C=O) groups excluding carboxylic acids is 2. The van der Waals surface area contributed by atoms with E-state index in [-0.39, 0.29) is 11.4 Å². The zero-order valence-electron chi connectivity index (χ0n) is 20.2. The Balaban J connectivity index is 2.35. The first-order chi connectivity index (χ1) is 14.5. The molecule has 1 aromatic rings. The van der Waals surface area contributed by atoms with Crippen molar-refractivity contribution in [2.75, 3.05) is 6.54 Å². The summed E-state index contributed by atoms with van der Waals surface area (Å²) in [5, 5.41) is 1.99. The van der Waals surface area contributed by atoms with Gasteiger partial charge in [0.05, 0.1) is 5.41 Å². The molecule has 2 amide bonds. The molecule has 0 bridgehead atoms. The van der Waals surface area contributed by atoms with E-state index in [1.807, 2.05) is 5.32 Å². The summed E-state index contributed by atoms with van der Waals surface area (Å²) in [5.41, 5.74) is -0.879. The molecule has 1 saturated carbocycles. The molecular formula is C23H36F3N3O2S. The van der Waals surface area contributed by atoms with E-state index in [9.17, 15) is 22.8 Å². The number of nitrogens with one attached hydrogen (secondary N) is 1. The molecule has 182 valence electrons. The molecule has 2 rings (SSSR count). The summed E-state index contributed by atoms with van der Waals surface area (Å²) in [6.45, 7) is 12.4. The fourth-order valence-electron chi connectivity index (χ4n) is 4.20. The maximum atomic E-state index is 13.4. The zero-order chi connectivity index (χ0) is 24.5. The van der Waals surface area contributed by atoms with Crippen LogP contribution in [0.3, 0.4) is 0 Å². The number of carbonyl (C=O) groups is 2. The third-order valence-electron chi connectivity index (χ3n) is 6.87. The van der Waals surface area contributed by atoms with Gasteiger partial charge < -0.3 is 5.32 Å². The molecule has 0 spiro atoms. The molecule has 1 aliphatic carbocycles. The van der Waals surface area contributed by atoms with Crippen LogP contribution < -0.4 is 9.99 Å². The molecule has 1 N–H and O–H groups in total. The number of aromatic nitrogens is 1. The quantitative estimate of drug-likeness (QED) is 0.615. The smallest absolute Gasteiger partial charge is 0.347 e. The summed E-state index contributed by atoms with van der Waals surface area (Å²) >= 11 is 1.45. The average Bonchev–Trinajstić information content (AvgIpc) is 3.16. The van der Waals surface area contributed by atoms with E-state index in [4.69, 9.17) is 0 Å². The second kappa shape index (κ2) is 9.31. The van der Waals surface area contributed by atoms with E-state index in [1.165, 1.54) is 11.5 Å². The van der Waals surface area contributed by atoms with Crippen molar-refractivity contribution in [3.05, 3.63) is 16.4 Å². The molecule has 5 nitrogen and oxygen atoms in total. The molecule has 1 heterocycles. The Morgan fingerprint density at radius 1 is 1.25 bits per heavy atom. The van der Waals surface area contributed by atoms with Crippen molar-refractivity contribution in [3.8, 4) is 0 Å². The van der Waals surface area contributed by atoms with Gasteiger partial charge in [-0.1, -0.05) is 34.1 Å². The summed E-state index contributed by atoms with van der Waals surface area (Å²) in [7, 11) is 0. The van der Waals surface area contributed by atoms with Crippen LogP contribution in [-0.2, 0) is 21.5 Å². The lowest BCUT2D eigenvalue weighted by Gasteiger charge is -2.38. The molecule has 9 heteroatoms. The number of unbranched alkanes of at least 4 members (excludes halogenated alkanes) is 1. The summed E-state index contributed by atoms with van der Waals surface area (Å²) in [6.07, 6.45) is 1.18. The second-order valence-electron chi connectivity index (χ2n) is 10.5. The van der Waals surface area contributed by atoms with Gasteiger partial charge in [0.2, 0.25) is 5.91 Å². The van der Waals surface area contributed by atoms with Gasteiger partial charge in [-0.3, -0.25) is 13.5 Å². The molecule has 0 unspecified atom stereocenters. The van der Waals surface area contributed by atoms with E-state index in [0.29, 0.717) is 17.5 Å². The van der Waals surface area contributed by atoms with Crippen molar-refractivity contribution < 1.29 is 22.8 Å². The molecule has 0 aliphatic heterocycles. The molecule has 32 heavy (non-hydrogen) atoms. The SMILES string of the molecule is CCCCc1cn(C(C)(C)C)s/c1=N\C(=O)[C@@]1(C)CC[C@@H](C(=O)NCC(F)(F)F)C1(C)C. The van der Waals surface area contributed by atoms with Gasteiger partial charge in [-0.25, -0.2) is 4.99 Å². The van der Waals surface area contributed by atoms with Crippen LogP contribution in [0.2, 0.25) is 0 Å². The predicted molar refractivity (Wildman–Crippen MR) is 120 cm³/mol. The van der Waals surface area contributed by atoms with Crippen LogP contribution >= 0.6 is 11.5 Å². The van der Waals surface area contributed by atoms with Crippen LogP contribution in [0.4, 0.5) is 13.2 Å². The van der Waals surface area contributed by atoms with E-state index in [0.717, 1.165) is 24.8 Å². The van der Waals surface area contributed by atoms with Crippen LogP contribution in [0, 0.1) is 16.7 Å². The van der Waals surface area contributed by atoms with Crippen LogP contribution in [0.5, 0.6) is 0 Å². The fourth-order valence-corrected chi connectivity index (χ4v) is 5.24. The minimum atomic E-state index is -4.47. The van der Waals surface area contributed by atoms with Gasteiger partial charge >= 0.3 is 6.18 Å². The fraction of sp³-hybridized carbons (Fsp3) is 0.783. The van der Waals surface area contributed by atoms with Crippen molar-refractivity contribution in [3.63, 3.8) is 0 Å². The van der Waals surface area contributed by atoms with Gasteiger partial charge in [0, 0.05) is 23.2 Å². The number of nitrogens with zero attached hydrogens (tertiary/aromatic N) is 2. The van der Waals surface area contributed by atoms with Gasteiger partial charge in [0.25, 0.3) is 5.91 Å². The van der Waals surface area contributed by atoms with Gasteiger partial charge in [-0.05, 0) is 63.4 Å². The van der Waals surface area contributed by atoms with Gasteiger partial charge in [-0.2, -0.15) is 13.2 Å². The maximum Gasteiger partial charge on any atom is 0.405 e. The number of hydrogen-bond donors (Lipinski definition) is 1. The Kier molecular flexibility index (Phi) is 7.74. The number of halogens is 3. The highest BCUT2D eigenvalue weighted by Gasteiger charge is 2.58. The average molecular weight is 476 g/mol. The normalized spacial score (nSPS) is 24.1. The van der Waals surface area contributed by atoms with E-state index < -0.39 is 35.4 Å². The lowest BCUT2D eigenvalue weighted by molar-refractivity contribution is -0.145. The zero-order valence-corrected chi connectivity index (χ0v) is 21.0. The Bertz CT molecular complexity index is 909. The largest absolute Gasteiger partial charge is 0.405 e. The second-order valence-corrected chi connectivity index (χ2v) is 11.5. The van der Waals surface area contributed by atoms with Crippen LogP contribution in [0.1, 0.15) is 79.7 Å². The Morgan fingerprint density at radius 3 is 2.41 bits per heavy atom. The molecule has 0 radical (unpaired) electrons. The maximum absolute atomic E-state index is 13.4. The van der Waals surface area contributed by atoms with Gasteiger partial charge in [0.1, 0.15) is 11.2 Å². The lowest BCUT2D eigenvalue weighted by Crippen LogP contribution is -2.46. The first-order valence-corrected chi connectivity index (χ1v) is 12.0. The summed E-state index contributed by atoms with van der Waals surface area (Å²) in [6, 6.07) is 0. The molecule has 0 aromatic carbocycles. The first kappa shape index (κ1) is 26.6. The van der Waals surface area contributed by atoms with Crippen molar-refractivity contribution in [1.82, 2.24) is 9.27 Å². The molecule has 0 saturated heterocycles. The Morgan fingerprint density at radius 2 is 1.88 bits per heavy atom. The lowest BCUT2D eigenvalue weighted by atomic mass is 9.65. The minimum Gasteiger partial charge on any atom is -0.347 e. The number of rotatable bonds is 6. The Labute approximate surface area is 192 Å². The van der Waals surface area contributed by atoms with E-state index >= 15 is 0 Å². The number of amides is 2. The first-order valence-electron chi connectivity index (χ1n) is 11.2. The highest BCUT2D eigenvalue weighted by molar-refractivity contribution is 7.04. The summed E-state index contributed by atoms with van der Waals surface area (Å²) in [5.74, 6) is -1.65.